The van der Waals surface area contributed by atoms with Crippen LogP contribution in [-0.4, -0.2) is 195 Å². The lowest BCUT2D eigenvalue weighted by atomic mass is 9.97. The minimum Gasteiger partial charge on any atom is -0.352 e. The number of carbonyl (C=O) groups excluding carboxylic acids is 8. The van der Waals surface area contributed by atoms with Gasteiger partial charge in [-0.1, -0.05) is 33.1 Å². The number of carbonyl (C=O) groups is 8. The van der Waals surface area contributed by atoms with Crippen molar-refractivity contribution in [3.05, 3.63) is 187 Å². The average molecular weight is 2080 g/mol. The van der Waals surface area contributed by atoms with Gasteiger partial charge in [0.25, 0.3) is 0 Å². The Morgan fingerprint density at radius 3 is 0.849 bits per heavy atom. The lowest BCUT2D eigenvalue weighted by molar-refractivity contribution is -0.149. The fourth-order valence-corrected chi connectivity index (χ4v) is 15.3. The van der Waals surface area contributed by atoms with Crippen LogP contribution in [0, 0.1) is 81.6 Å². The molecule has 8 heterocycles. The van der Waals surface area contributed by atoms with Gasteiger partial charge in [0.1, 0.15) is 23.3 Å². The third-order valence-corrected chi connectivity index (χ3v) is 22.6. The van der Waals surface area contributed by atoms with Crippen molar-refractivity contribution in [1.29, 1.82) is 0 Å². The van der Waals surface area contributed by atoms with Crippen molar-refractivity contribution in [2.24, 2.45) is 29.0 Å². The quantitative estimate of drug-likeness (QED) is 0.0196. The molecular weight excluding hydrogens is 1990 g/mol. The maximum Gasteiger partial charge on any atom is 0.451 e. The Morgan fingerprint density at radius 2 is 0.604 bits per heavy atom. The third-order valence-electron chi connectivity index (χ3n) is 22.6. The fraction of sp³-hybridized carbons (Fsp3) is 0.506. The smallest absolute Gasteiger partial charge is 0.352 e. The molecule has 0 bridgehead atoms. The van der Waals surface area contributed by atoms with Crippen molar-refractivity contribution in [3.63, 3.8) is 0 Å². The Balaban J connectivity index is 0.000000251. The van der Waals surface area contributed by atoms with E-state index in [1.54, 1.807) is 6.92 Å². The summed E-state index contributed by atoms with van der Waals surface area (Å²) in [7, 11) is 0. The van der Waals surface area contributed by atoms with Crippen LogP contribution in [0.3, 0.4) is 0 Å². The molecule has 4 aromatic carbocycles. The summed E-state index contributed by atoms with van der Waals surface area (Å²) in [6.07, 6.45) is -17.8. The molecule has 7 atom stereocenters. The zero-order chi connectivity index (χ0) is 100. The van der Waals surface area contributed by atoms with Crippen LogP contribution >= 0.6 is 37.2 Å². The normalized spacial score (nSPS) is 15.7. The number of hydrogen-bond acceptors (Lipinski definition) is 19. The molecule has 766 valence electrons. The van der Waals surface area contributed by atoms with Crippen LogP contribution in [0.15, 0.2) is 48.5 Å². The van der Waals surface area contributed by atoms with Crippen LogP contribution in [-0.2, 0) is 141 Å². The van der Waals surface area contributed by atoms with Gasteiger partial charge >= 0.3 is 24.7 Å². The second-order valence-electron chi connectivity index (χ2n) is 32.4. The first-order chi connectivity index (χ1) is 63.7. The largest absolute Gasteiger partial charge is 0.451 e. The number of halogens is 27. The van der Waals surface area contributed by atoms with E-state index in [1.165, 1.54) is 26.5 Å². The summed E-state index contributed by atoms with van der Waals surface area (Å²) in [5, 5.41) is 36.8. The molecule has 7 unspecified atom stereocenters. The number of aromatic nitrogens is 12. The highest BCUT2D eigenvalue weighted by molar-refractivity contribution is 5.86. The molecule has 139 heavy (non-hydrogen) atoms. The summed E-state index contributed by atoms with van der Waals surface area (Å²) in [6.45, 7) is 2.50. The Kier molecular flexibility index (Phi) is 39.8. The van der Waals surface area contributed by atoms with Crippen molar-refractivity contribution in [2.75, 3.05) is 32.7 Å². The number of nitrogens with one attached hydrogen (secondary N) is 4. The van der Waals surface area contributed by atoms with Crippen LogP contribution in [0.25, 0.3) is 0 Å². The zero-order valence-corrected chi connectivity index (χ0v) is 75.5. The number of nitrogens with two attached hydrogens (primary N) is 3. The molecule has 4 aliphatic heterocycles. The van der Waals surface area contributed by atoms with Gasteiger partial charge in [-0.05, 0) is 97.9 Å². The Bertz CT molecular complexity index is 5680. The fourth-order valence-electron chi connectivity index (χ4n) is 15.3. The lowest BCUT2D eigenvalue weighted by Gasteiger charge is -2.30. The Hall–Kier alpha value is -11.7. The molecular formula is C81H90Cl3F24N23O8. The molecule has 8 amide bonds. The third kappa shape index (κ3) is 29.9. The summed E-state index contributed by atoms with van der Waals surface area (Å²) in [6, 6.07) is -1.89. The molecule has 0 saturated heterocycles. The molecule has 1 fully saturated rings. The van der Waals surface area contributed by atoms with Gasteiger partial charge in [0, 0.05) is 132 Å². The maximum absolute atomic E-state index is 14.3. The first-order valence-corrected chi connectivity index (χ1v) is 41.7. The van der Waals surface area contributed by atoms with Gasteiger partial charge in [0.05, 0.1) is 44.8 Å². The van der Waals surface area contributed by atoms with E-state index in [0.717, 1.165) is 31.1 Å². The molecule has 1 aliphatic carbocycles. The monoisotopic (exact) mass is 2070 g/mol. The SMILES string of the molecule is CC(N)C(=O)NC(CC(=O)N1CCn2c(nnc2C(F)(F)F)C1)Cc1cc(F)c(F)cc1F.CCC(C)C(N)C(=O)NC(CC(=O)N1CCn2c(nnc2C(F)(F)F)C1)Cc1cc(F)c(F)cc1F.Cl.Cl.Cl.NCC(=O)NC(CC(=O)N1CCn2c(nnc2C(F)(F)F)C1)Cc1cc(F)c(F)cc1F.O=C(NC(CC(=O)N1CCn2c(nnc2C(F)(F)F)C1)Cc1cc(F)c(F)cc1F)C1CCCC1. The standard InChI is InChI=1S/C22H26F6N6O2.C22H23F6N5O2.C19H20F6N6O2.C18H18F6N6O2.3ClH/c1-3-11(2)19(29)20(36)30-13(6-12-7-15(24)16(25)9-14(12)23)8-18(35)33-4-5-34-17(10-33)31-32-21(34)22(26,27)28;23-15-10-17(25)16(24)8-13(15)7-14(29-20(35)12-3-1-2-4-12)9-19(34)32-5-6-33-18(11-32)30-31-21(33)22(26,27)28;1-9(26)17(33)27-11(4-10-5-13(21)14(22)7-12(10)20)6-16(32)30-2-3-31-15(8-30)28-29-18(31)19(23,24)25;19-11-6-13(21)12(20)4-9(11)3-10(26-15(31)7-25)5-16(32)29-1-2-30-14(8-29)27-28-17(30)18(22,23)24;;;/h7,9,11,13,19H,3-6,8,10,29H2,1-2H3,(H,30,36);8,10,12,14H,1-7,9,11H2,(H,29,35);5,7,9,11H,2-4,6,8,26H2,1H3,(H,27,33);4,6,10H,1-3,5,7-8,25H2,(H,26,31);3*1H. The molecule has 58 heteroatoms. The topological polar surface area (TPSA) is 399 Å². The first-order valence-electron chi connectivity index (χ1n) is 41.7. The van der Waals surface area contributed by atoms with Crippen LogP contribution in [0.1, 0.15) is 147 Å². The van der Waals surface area contributed by atoms with E-state index in [1.807, 2.05) is 6.92 Å². The van der Waals surface area contributed by atoms with Crippen molar-refractivity contribution in [2.45, 2.75) is 218 Å². The molecule has 5 aliphatic rings. The Morgan fingerprint density at radius 1 is 0.360 bits per heavy atom. The predicted octanol–water partition coefficient (Wildman–Crippen LogP) is 9.83. The van der Waals surface area contributed by atoms with Gasteiger partial charge in [0.15, 0.2) is 69.8 Å². The van der Waals surface area contributed by atoms with Gasteiger partial charge in [-0.25, -0.2) is 52.7 Å². The van der Waals surface area contributed by atoms with Crippen molar-refractivity contribution in [3.8, 4) is 0 Å². The molecule has 8 aromatic rings. The number of alkyl halides is 12. The summed E-state index contributed by atoms with van der Waals surface area (Å²) in [5.41, 5.74) is 15.7. The molecule has 31 nitrogen and oxygen atoms in total. The lowest BCUT2D eigenvalue weighted by Crippen LogP contribution is -2.50. The Labute approximate surface area is 791 Å². The molecule has 10 N–H and O–H groups in total. The van der Waals surface area contributed by atoms with E-state index < -0.39 is 215 Å². The summed E-state index contributed by atoms with van der Waals surface area (Å²) in [4.78, 5) is 106. The van der Waals surface area contributed by atoms with Gasteiger partial charge in [-0.3, -0.25) is 38.4 Å². The van der Waals surface area contributed by atoms with E-state index in [-0.39, 0.29) is 218 Å². The minimum absolute atomic E-state index is 0. The van der Waals surface area contributed by atoms with Gasteiger partial charge in [-0.2, -0.15) is 52.7 Å². The highest BCUT2D eigenvalue weighted by atomic mass is 35.5. The highest BCUT2D eigenvalue weighted by Gasteiger charge is 2.46. The van der Waals surface area contributed by atoms with Crippen LogP contribution in [0.4, 0.5) is 105 Å². The number of benzene rings is 4. The summed E-state index contributed by atoms with van der Waals surface area (Å²) < 4.78 is 324. The second kappa shape index (κ2) is 48.4. The van der Waals surface area contributed by atoms with Gasteiger partial charge in [0.2, 0.25) is 70.6 Å². The molecule has 0 spiro atoms. The van der Waals surface area contributed by atoms with Gasteiger partial charge in [-0.15, -0.1) is 78.0 Å². The molecule has 4 aromatic heterocycles. The average Bonchev–Trinajstić information content (AvgIpc) is 1.66. The number of nitrogens with zero attached hydrogens (tertiary/aromatic N) is 16. The van der Waals surface area contributed by atoms with Crippen molar-refractivity contribution >= 4 is 84.5 Å². The summed E-state index contributed by atoms with van der Waals surface area (Å²) >= 11 is 0. The zero-order valence-electron chi connectivity index (χ0n) is 73.1. The first kappa shape index (κ1) is 114. The summed E-state index contributed by atoms with van der Waals surface area (Å²) in [5.74, 6) is -24.7. The van der Waals surface area contributed by atoms with E-state index in [9.17, 15) is 144 Å². The molecule has 13 rings (SSSR count). The van der Waals surface area contributed by atoms with E-state index in [4.69, 9.17) is 17.2 Å². The number of amides is 8. The van der Waals surface area contributed by atoms with Crippen LogP contribution in [0.2, 0.25) is 0 Å². The van der Waals surface area contributed by atoms with E-state index >= 15 is 0 Å². The predicted molar refractivity (Wildman–Crippen MR) is 442 cm³/mol. The number of rotatable bonds is 26. The highest BCUT2D eigenvalue weighted by Crippen LogP contribution is 2.36. The molecule has 1 saturated carbocycles. The number of hydrogen-bond donors (Lipinski definition) is 7. The second-order valence-corrected chi connectivity index (χ2v) is 32.4. The van der Waals surface area contributed by atoms with Crippen molar-refractivity contribution in [1.82, 2.24) is 99.9 Å². The minimum atomic E-state index is -4.70. The molecule has 0 radical (unpaired) electrons. The van der Waals surface area contributed by atoms with E-state index in [2.05, 4.69) is 62.1 Å². The maximum atomic E-state index is 14.3. The van der Waals surface area contributed by atoms with Gasteiger partial charge < -0.3 is 76.3 Å². The van der Waals surface area contributed by atoms with Crippen LogP contribution < -0.4 is 38.5 Å². The van der Waals surface area contributed by atoms with Crippen molar-refractivity contribution < 1.29 is 144 Å². The van der Waals surface area contributed by atoms with Crippen LogP contribution in [0.5, 0.6) is 0 Å². The van der Waals surface area contributed by atoms with E-state index in [0.29, 0.717) is 67.8 Å². The number of fused-ring (bicyclic) bond motifs is 4.